The highest BCUT2D eigenvalue weighted by Gasteiger charge is 2.28. The number of likely N-dealkylation sites (N-methyl/N-ethyl adjacent to an activating group) is 1. The molecular formula is C14H27N3O3. The molecule has 2 N–H and O–H groups in total. The molecule has 0 spiro atoms. The minimum absolute atomic E-state index is 0.0338. The van der Waals surface area contributed by atoms with Gasteiger partial charge in [0.05, 0.1) is 6.42 Å². The van der Waals surface area contributed by atoms with E-state index in [0.29, 0.717) is 19.1 Å². The number of nitrogens with zero attached hydrogens (tertiary/aromatic N) is 2. The van der Waals surface area contributed by atoms with Gasteiger partial charge in [-0.3, -0.25) is 9.69 Å². The van der Waals surface area contributed by atoms with E-state index in [-0.39, 0.29) is 24.4 Å². The van der Waals surface area contributed by atoms with Gasteiger partial charge in [-0.05, 0) is 19.4 Å². The first kappa shape index (κ1) is 16.8. The summed E-state index contributed by atoms with van der Waals surface area (Å²) in [5.74, 6) is -0.780. The van der Waals surface area contributed by atoms with Crippen LogP contribution in [0.3, 0.4) is 0 Å². The molecule has 0 radical (unpaired) electrons. The predicted octanol–water partition coefficient (Wildman–Crippen LogP) is 1.22. The molecule has 1 heterocycles. The molecule has 0 aromatic carbocycles. The summed E-state index contributed by atoms with van der Waals surface area (Å²) in [7, 11) is 0. The average Bonchev–Trinajstić information content (AvgIpc) is 2.37. The SMILES string of the molecule is CCN1CCN(C(=O)NC(CC(=O)O)C(C)C)CC1C. The monoisotopic (exact) mass is 285 g/mol. The van der Waals surface area contributed by atoms with Crippen LogP contribution in [0.1, 0.15) is 34.1 Å². The van der Waals surface area contributed by atoms with Crippen LogP contribution in [-0.4, -0.2) is 65.2 Å². The van der Waals surface area contributed by atoms with E-state index in [1.807, 2.05) is 13.8 Å². The number of carbonyl (C=O) groups is 2. The molecule has 1 rings (SSSR count). The van der Waals surface area contributed by atoms with Crippen molar-refractivity contribution in [1.29, 1.82) is 0 Å². The largest absolute Gasteiger partial charge is 0.481 e. The van der Waals surface area contributed by atoms with Crippen molar-refractivity contribution in [3.05, 3.63) is 0 Å². The molecule has 2 atom stereocenters. The molecule has 6 nitrogen and oxygen atoms in total. The van der Waals surface area contributed by atoms with Crippen molar-refractivity contribution in [1.82, 2.24) is 15.1 Å². The maximum absolute atomic E-state index is 12.2. The number of hydrogen-bond donors (Lipinski definition) is 2. The number of amides is 2. The summed E-state index contributed by atoms with van der Waals surface area (Å²) >= 11 is 0. The number of aliphatic carboxylic acids is 1. The summed E-state index contributed by atoms with van der Waals surface area (Å²) in [6.45, 7) is 11.3. The van der Waals surface area contributed by atoms with Crippen molar-refractivity contribution in [3.8, 4) is 0 Å². The fraction of sp³-hybridized carbons (Fsp3) is 0.857. The fourth-order valence-corrected chi connectivity index (χ4v) is 2.54. The highest BCUT2D eigenvalue weighted by Crippen LogP contribution is 2.11. The lowest BCUT2D eigenvalue weighted by Crippen LogP contribution is -2.57. The second-order valence-electron chi connectivity index (χ2n) is 5.82. The third-order valence-electron chi connectivity index (χ3n) is 3.97. The Labute approximate surface area is 121 Å². The Morgan fingerprint density at radius 3 is 2.45 bits per heavy atom. The molecule has 20 heavy (non-hydrogen) atoms. The van der Waals surface area contributed by atoms with Gasteiger partial charge in [0.25, 0.3) is 0 Å². The molecular weight excluding hydrogens is 258 g/mol. The molecule has 6 heteroatoms. The van der Waals surface area contributed by atoms with E-state index >= 15 is 0 Å². The topological polar surface area (TPSA) is 72.9 Å². The smallest absolute Gasteiger partial charge is 0.317 e. The van der Waals surface area contributed by atoms with Crippen LogP contribution < -0.4 is 5.32 Å². The predicted molar refractivity (Wildman–Crippen MR) is 77.7 cm³/mol. The highest BCUT2D eigenvalue weighted by atomic mass is 16.4. The fourth-order valence-electron chi connectivity index (χ4n) is 2.54. The van der Waals surface area contributed by atoms with Crippen LogP contribution in [0.2, 0.25) is 0 Å². The Kier molecular flexibility index (Phi) is 6.26. The van der Waals surface area contributed by atoms with E-state index < -0.39 is 5.97 Å². The molecule has 0 saturated carbocycles. The standard InChI is InChI=1S/C14H27N3O3/c1-5-16-6-7-17(9-11(16)4)14(20)15-12(10(2)3)8-13(18)19/h10-12H,5-9H2,1-4H3,(H,15,20)(H,18,19). The second kappa shape index (κ2) is 7.47. The first-order valence-electron chi connectivity index (χ1n) is 7.36. The van der Waals surface area contributed by atoms with Gasteiger partial charge in [-0.1, -0.05) is 20.8 Å². The summed E-state index contributed by atoms with van der Waals surface area (Å²) < 4.78 is 0. The van der Waals surface area contributed by atoms with Gasteiger partial charge in [-0.2, -0.15) is 0 Å². The van der Waals surface area contributed by atoms with E-state index in [1.165, 1.54) is 0 Å². The summed E-state index contributed by atoms with van der Waals surface area (Å²) in [5, 5.41) is 11.8. The normalized spacial score (nSPS) is 21.9. The van der Waals surface area contributed by atoms with Gasteiger partial charge in [0.1, 0.15) is 0 Å². The number of carboxylic acid groups (broad SMARTS) is 1. The van der Waals surface area contributed by atoms with Gasteiger partial charge < -0.3 is 15.3 Å². The number of urea groups is 1. The third kappa shape index (κ3) is 4.67. The molecule has 116 valence electrons. The maximum atomic E-state index is 12.2. The number of carbonyl (C=O) groups excluding carboxylic acids is 1. The second-order valence-corrected chi connectivity index (χ2v) is 5.82. The Morgan fingerprint density at radius 1 is 1.35 bits per heavy atom. The summed E-state index contributed by atoms with van der Waals surface area (Å²) in [4.78, 5) is 27.2. The van der Waals surface area contributed by atoms with Gasteiger partial charge in [0, 0.05) is 31.7 Å². The zero-order chi connectivity index (χ0) is 15.3. The third-order valence-corrected chi connectivity index (χ3v) is 3.97. The zero-order valence-corrected chi connectivity index (χ0v) is 12.9. The summed E-state index contributed by atoms with van der Waals surface area (Å²) in [6, 6.07) is -0.122. The van der Waals surface area contributed by atoms with Crippen molar-refractivity contribution in [3.63, 3.8) is 0 Å². The molecule has 2 amide bonds. The lowest BCUT2D eigenvalue weighted by molar-refractivity contribution is -0.137. The Bertz CT molecular complexity index is 347. The Hall–Kier alpha value is -1.30. The number of piperazine rings is 1. The van der Waals surface area contributed by atoms with Gasteiger partial charge in [-0.15, -0.1) is 0 Å². The van der Waals surface area contributed by atoms with Crippen molar-refractivity contribution < 1.29 is 14.7 Å². The summed E-state index contributed by atoms with van der Waals surface area (Å²) in [6.07, 6.45) is -0.0338. The van der Waals surface area contributed by atoms with Crippen LogP contribution in [0.4, 0.5) is 4.79 Å². The highest BCUT2D eigenvalue weighted by molar-refractivity contribution is 5.76. The molecule has 1 aliphatic rings. The van der Waals surface area contributed by atoms with Gasteiger partial charge in [0.15, 0.2) is 0 Å². The number of hydrogen-bond acceptors (Lipinski definition) is 3. The van der Waals surface area contributed by atoms with Crippen LogP contribution in [0.25, 0.3) is 0 Å². The minimum Gasteiger partial charge on any atom is -0.481 e. The average molecular weight is 285 g/mol. The van der Waals surface area contributed by atoms with Crippen molar-refractivity contribution in [2.24, 2.45) is 5.92 Å². The van der Waals surface area contributed by atoms with E-state index in [2.05, 4.69) is 24.1 Å². The summed E-state index contributed by atoms with van der Waals surface area (Å²) in [5.41, 5.74) is 0. The number of nitrogens with one attached hydrogen (secondary N) is 1. The van der Waals surface area contributed by atoms with E-state index in [9.17, 15) is 9.59 Å². The van der Waals surface area contributed by atoms with E-state index in [1.54, 1.807) is 4.90 Å². The first-order chi connectivity index (χ1) is 9.35. The Balaban J connectivity index is 2.55. The van der Waals surface area contributed by atoms with Crippen molar-refractivity contribution in [2.75, 3.05) is 26.2 Å². The molecule has 0 aliphatic carbocycles. The minimum atomic E-state index is -0.881. The lowest BCUT2D eigenvalue weighted by atomic mass is 10.0. The quantitative estimate of drug-likeness (QED) is 0.796. The first-order valence-corrected chi connectivity index (χ1v) is 7.36. The van der Waals surface area contributed by atoms with Crippen molar-refractivity contribution in [2.45, 2.75) is 46.2 Å². The molecule has 0 aromatic rings. The number of rotatable bonds is 5. The van der Waals surface area contributed by atoms with Gasteiger partial charge >= 0.3 is 12.0 Å². The molecule has 1 saturated heterocycles. The van der Waals surface area contributed by atoms with Crippen LogP contribution in [0, 0.1) is 5.92 Å². The molecule has 0 aromatic heterocycles. The number of carboxylic acids is 1. The van der Waals surface area contributed by atoms with Crippen LogP contribution in [0.15, 0.2) is 0 Å². The molecule has 0 bridgehead atoms. The zero-order valence-electron chi connectivity index (χ0n) is 12.9. The molecule has 1 fully saturated rings. The van der Waals surface area contributed by atoms with Crippen molar-refractivity contribution >= 4 is 12.0 Å². The van der Waals surface area contributed by atoms with Crippen LogP contribution >= 0.6 is 0 Å². The molecule has 2 unspecified atom stereocenters. The van der Waals surface area contributed by atoms with Crippen LogP contribution in [-0.2, 0) is 4.79 Å². The van der Waals surface area contributed by atoms with E-state index in [4.69, 9.17) is 5.11 Å². The Morgan fingerprint density at radius 2 is 2.00 bits per heavy atom. The molecule has 1 aliphatic heterocycles. The maximum Gasteiger partial charge on any atom is 0.317 e. The van der Waals surface area contributed by atoms with E-state index in [0.717, 1.165) is 13.1 Å². The van der Waals surface area contributed by atoms with Gasteiger partial charge in [-0.25, -0.2) is 4.79 Å². The lowest BCUT2D eigenvalue weighted by Gasteiger charge is -2.39. The van der Waals surface area contributed by atoms with Gasteiger partial charge in [0.2, 0.25) is 0 Å². The van der Waals surface area contributed by atoms with Crippen LogP contribution in [0.5, 0.6) is 0 Å².